The van der Waals surface area contributed by atoms with E-state index < -0.39 is 4.92 Å². The number of nitro groups is 1. The molecule has 1 aromatic rings. The van der Waals surface area contributed by atoms with Gasteiger partial charge in [0.25, 0.3) is 5.91 Å². The van der Waals surface area contributed by atoms with Gasteiger partial charge in [-0.05, 0) is 6.07 Å². The van der Waals surface area contributed by atoms with E-state index in [1.54, 1.807) is 4.90 Å². The summed E-state index contributed by atoms with van der Waals surface area (Å²) in [5.41, 5.74) is -0.140. The minimum Gasteiger partial charge on any atom is -0.490 e. The second-order valence-electron chi connectivity index (χ2n) is 4.51. The van der Waals surface area contributed by atoms with Crippen LogP contribution in [0.2, 0.25) is 0 Å². The SMILES string of the molecule is COc1cc(OCC(=O)N2CCNCC2)ccc1[N+](=O)[O-].Cl. The molecule has 0 atom stereocenters. The van der Waals surface area contributed by atoms with Crippen molar-refractivity contribution in [2.45, 2.75) is 0 Å². The van der Waals surface area contributed by atoms with Crippen LogP contribution in [-0.2, 0) is 4.79 Å². The van der Waals surface area contributed by atoms with Crippen LogP contribution in [0.3, 0.4) is 0 Å². The predicted octanol–water partition coefficient (Wildman–Crippen LogP) is 0.836. The monoisotopic (exact) mass is 331 g/mol. The molecular weight excluding hydrogens is 314 g/mol. The normalized spacial score (nSPS) is 14.0. The number of halogens is 1. The zero-order valence-corrected chi connectivity index (χ0v) is 12.9. The molecule has 1 heterocycles. The van der Waals surface area contributed by atoms with Gasteiger partial charge in [-0.3, -0.25) is 14.9 Å². The van der Waals surface area contributed by atoms with Crippen molar-refractivity contribution in [1.29, 1.82) is 0 Å². The highest BCUT2D eigenvalue weighted by Crippen LogP contribution is 2.30. The molecule has 9 heteroatoms. The minimum atomic E-state index is -0.533. The number of hydrogen-bond donors (Lipinski definition) is 1. The van der Waals surface area contributed by atoms with Gasteiger partial charge < -0.3 is 19.7 Å². The molecule has 1 aliphatic heterocycles. The summed E-state index contributed by atoms with van der Waals surface area (Å²) in [5.74, 6) is 0.363. The van der Waals surface area contributed by atoms with Crippen molar-refractivity contribution in [3.05, 3.63) is 28.3 Å². The van der Waals surface area contributed by atoms with E-state index in [-0.39, 0.29) is 36.4 Å². The first-order chi connectivity index (χ1) is 10.1. The number of rotatable bonds is 5. The maximum Gasteiger partial charge on any atom is 0.311 e. The summed E-state index contributed by atoms with van der Waals surface area (Å²) >= 11 is 0. The molecule has 22 heavy (non-hydrogen) atoms. The maximum absolute atomic E-state index is 11.9. The summed E-state index contributed by atoms with van der Waals surface area (Å²) in [6.07, 6.45) is 0. The Balaban J connectivity index is 0.00000242. The fourth-order valence-electron chi connectivity index (χ4n) is 2.05. The van der Waals surface area contributed by atoms with Crippen molar-refractivity contribution in [2.24, 2.45) is 0 Å². The zero-order chi connectivity index (χ0) is 15.2. The first kappa shape index (κ1) is 18.0. The van der Waals surface area contributed by atoms with Gasteiger partial charge in [0.2, 0.25) is 5.75 Å². The molecule has 1 aromatic carbocycles. The molecule has 0 saturated carbocycles. The number of carbonyl (C=O) groups excluding carboxylic acids is 1. The molecule has 0 aromatic heterocycles. The Bertz CT molecular complexity index is 534. The van der Waals surface area contributed by atoms with Crippen LogP contribution in [-0.4, -0.2) is 55.6 Å². The van der Waals surface area contributed by atoms with Gasteiger partial charge in [0.1, 0.15) is 5.75 Å². The van der Waals surface area contributed by atoms with E-state index in [4.69, 9.17) is 9.47 Å². The molecule has 1 N–H and O–H groups in total. The molecule has 0 spiro atoms. The van der Waals surface area contributed by atoms with Crippen molar-refractivity contribution in [1.82, 2.24) is 10.2 Å². The average molecular weight is 332 g/mol. The summed E-state index contributed by atoms with van der Waals surface area (Å²) < 4.78 is 10.3. The number of benzene rings is 1. The van der Waals surface area contributed by atoms with E-state index >= 15 is 0 Å². The number of methoxy groups -OCH3 is 1. The number of ether oxygens (including phenoxy) is 2. The summed E-state index contributed by atoms with van der Waals surface area (Å²) in [5, 5.41) is 13.9. The fourth-order valence-corrected chi connectivity index (χ4v) is 2.05. The molecule has 1 aliphatic rings. The van der Waals surface area contributed by atoms with Crippen LogP contribution in [0.1, 0.15) is 0 Å². The Morgan fingerprint density at radius 3 is 2.68 bits per heavy atom. The van der Waals surface area contributed by atoms with Crippen molar-refractivity contribution in [2.75, 3.05) is 39.9 Å². The second-order valence-corrected chi connectivity index (χ2v) is 4.51. The van der Waals surface area contributed by atoms with E-state index in [0.29, 0.717) is 18.8 Å². The molecule has 122 valence electrons. The summed E-state index contributed by atoms with van der Waals surface area (Å²) in [6, 6.07) is 4.15. The van der Waals surface area contributed by atoms with Crippen LogP contribution in [0.15, 0.2) is 18.2 Å². The summed E-state index contributed by atoms with van der Waals surface area (Å²) in [4.78, 5) is 23.9. The summed E-state index contributed by atoms with van der Waals surface area (Å²) in [6.45, 7) is 2.77. The van der Waals surface area contributed by atoms with Gasteiger partial charge in [-0.15, -0.1) is 12.4 Å². The smallest absolute Gasteiger partial charge is 0.311 e. The molecule has 2 rings (SSSR count). The molecule has 8 nitrogen and oxygen atoms in total. The van der Waals surface area contributed by atoms with Gasteiger partial charge in [0, 0.05) is 38.3 Å². The zero-order valence-electron chi connectivity index (χ0n) is 12.1. The Hall–Kier alpha value is -2.06. The van der Waals surface area contributed by atoms with Gasteiger partial charge in [0.15, 0.2) is 6.61 Å². The number of hydrogen-bond acceptors (Lipinski definition) is 6. The lowest BCUT2D eigenvalue weighted by molar-refractivity contribution is -0.385. The van der Waals surface area contributed by atoms with E-state index in [1.165, 1.54) is 25.3 Å². The minimum absolute atomic E-state index is 0. The maximum atomic E-state index is 11.9. The Morgan fingerprint density at radius 2 is 2.09 bits per heavy atom. The standard InChI is InChI=1S/C13H17N3O5.ClH/c1-20-12-8-10(2-3-11(12)16(18)19)21-9-13(17)15-6-4-14-5-7-15;/h2-3,8,14H,4-7,9H2,1H3;1H. The van der Waals surface area contributed by atoms with E-state index in [1.807, 2.05) is 0 Å². The molecule has 0 bridgehead atoms. The first-order valence-corrected chi connectivity index (χ1v) is 6.55. The highest BCUT2D eigenvalue weighted by molar-refractivity contribution is 5.85. The molecular formula is C13H18ClN3O5. The van der Waals surface area contributed by atoms with Crippen molar-refractivity contribution < 1.29 is 19.2 Å². The third-order valence-electron chi connectivity index (χ3n) is 3.18. The van der Waals surface area contributed by atoms with Gasteiger partial charge in [-0.2, -0.15) is 0 Å². The lowest BCUT2D eigenvalue weighted by Crippen LogP contribution is -2.47. The van der Waals surface area contributed by atoms with Gasteiger partial charge >= 0.3 is 5.69 Å². The largest absolute Gasteiger partial charge is 0.490 e. The molecule has 0 unspecified atom stereocenters. The second kappa shape index (κ2) is 8.40. The molecule has 1 fully saturated rings. The number of nitro benzene ring substituents is 1. The number of amides is 1. The number of nitrogens with zero attached hydrogens (tertiary/aromatic N) is 2. The van der Waals surface area contributed by atoms with Crippen LogP contribution in [0, 0.1) is 10.1 Å². The number of carbonyl (C=O) groups is 1. The lowest BCUT2D eigenvalue weighted by atomic mass is 10.3. The van der Waals surface area contributed by atoms with Crippen molar-refractivity contribution >= 4 is 24.0 Å². The molecule has 0 radical (unpaired) electrons. The highest BCUT2D eigenvalue weighted by Gasteiger charge is 2.18. The Morgan fingerprint density at radius 1 is 1.41 bits per heavy atom. The first-order valence-electron chi connectivity index (χ1n) is 6.55. The Labute approximate surface area is 133 Å². The number of nitrogens with one attached hydrogen (secondary N) is 1. The van der Waals surface area contributed by atoms with Crippen molar-refractivity contribution in [3.8, 4) is 11.5 Å². The lowest BCUT2D eigenvalue weighted by Gasteiger charge is -2.27. The summed E-state index contributed by atoms with van der Waals surface area (Å²) in [7, 11) is 1.35. The quantitative estimate of drug-likeness (QED) is 0.634. The molecule has 1 saturated heterocycles. The van der Waals surface area contributed by atoms with Gasteiger partial charge in [0.05, 0.1) is 12.0 Å². The van der Waals surface area contributed by atoms with E-state index in [9.17, 15) is 14.9 Å². The van der Waals surface area contributed by atoms with Crippen LogP contribution in [0.4, 0.5) is 5.69 Å². The van der Waals surface area contributed by atoms with Crippen LogP contribution >= 0.6 is 12.4 Å². The molecule has 1 amide bonds. The van der Waals surface area contributed by atoms with E-state index in [2.05, 4.69) is 5.32 Å². The Kier molecular flexibility index (Phi) is 6.87. The van der Waals surface area contributed by atoms with Gasteiger partial charge in [-0.1, -0.05) is 0 Å². The van der Waals surface area contributed by atoms with Crippen LogP contribution in [0.25, 0.3) is 0 Å². The topological polar surface area (TPSA) is 93.9 Å². The average Bonchev–Trinajstić information content (AvgIpc) is 2.52. The number of piperazine rings is 1. The predicted molar refractivity (Wildman–Crippen MR) is 81.8 cm³/mol. The fraction of sp³-hybridized carbons (Fsp3) is 0.462. The van der Waals surface area contributed by atoms with Crippen LogP contribution in [0.5, 0.6) is 11.5 Å². The molecule has 0 aliphatic carbocycles. The van der Waals surface area contributed by atoms with Gasteiger partial charge in [-0.25, -0.2) is 0 Å². The third-order valence-corrected chi connectivity index (χ3v) is 3.18. The van der Waals surface area contributed by atoms with Crippen molar-refractivity contribution in [3.63, 3.8) is 0 Å². The van der Waals surface area contributed by atoms with E-state index in [0.717, 1.165) is 13.1 Å². The highest BCUT2D eigenvalue weighted by atomic mass is 35.5. The van der Waals surface area contributed by atoms with Crippen LogP contribution < -0.4 is 14.8 Å². The third kappa shape index (κ3) is 4.47.